The van der Waals surface area contributed by atoms with E-state index in [0.717, 1.165) is 5.92 Å². The molecule has 1 aliphatic rings. The molecule has 0 bridgehead atoms. The first-order valence-electron chi connectivity index (χ1n) is 5.46. The molecule has 1 aromatic rings. The fourth-order valence-electron chi connectivity index (χ4n) is 1.60. The Bertz CT molecular complexity index is 344. The van der Waals surface area contributed by atoms with Crippen molar-refractivity contribution in [2.45, 2.75) is 25.8 Å². The van der Waals surface area contributed by atoms with Gasteiger partial charge in [-0.05, 0) is 25.7 Å². The molecule has 0 saturated heterocycles. The average Bonchev–Trinajstić information content (AvgIpc) is 3.12. The molecule has 88 valence electrons. The molecule has 1 saturated carbocycles. The molecule has 2 rings (SSSR count). The molecule has 1 heterocycles. The van der Waals surface area contributed by atoms with Crippen molar-refractivity contribution in [3.05, 3.63) is 6.07 Å². The SMILES string of the molecule is COc1cc(OC)nc(NC(C)C2CC2)n1. The van der Waals surface area contributed by atoms with Crippen LogP contribution in [0.25, 0.3) is 0 Å². The number of ether oxygens (including phenoxy) is 2. The predicted octanol–water partition coefficient (Wildman–Crippen LogP) is 1.70. The third-order valence-corrected chi connectivity index (χ3v) is 2.78. The van der Waals surface area contributed by atoms with Gasteiger partial charge in [0.1, 0.15) is 0 Å². The highest BCUT2D eigenvalue weighted by molar-refractivity contribution is 5.34. The number of hydrogen-bond donors (Lipinski definition) is 1. The van der Waals surface area contributed by atoms with Gasteiger partial charge in [-0.15, -0.1) is 0 Å². The molecule has 0 aliphatic heterocycles. The van der Waals surface area contributed by atoms with Gasteiger partial charge in [0, 0.05) is 6.04 Å². The summed E-state index contributed by atoms with van der Waals surface area (Å²) >= 11 is 0. The lowest BCUT2D eigenvalue weighted by Gasteiger charge is -2.13. The zero-order chi connectivity index (χ0) is 11.5. The first-order chi connectivity index (χ1) is 7.72. The normalized spacial score (nSPS) is 16.7. The third kappa shape index (κ3) is 2.53. The average molecular weight is 223 g/mol. The van der Waals surface area contributed by atoms with Crippen molar-refractivity contribution in [1.29, 1.82) is 0 Å². The lowest BCUT2D eigenvalue weighted by atomic mass is 10.2. The molecule has 1 N–H and O–H groups in total. The molecular formula is C11H17N3O2. The van der Waals surface area contributed by atoms with Crippen molar-refractivity contribution in [2.24, 2.45) is 5.92 Å². The quantitative estimate of drug-likeness (QED) is 0.823. The van der Waals surface area contributed by atoms with Crippen LogP contribution in [0, 0.1) is 5.92 Å². The Morgan fingerprint density at radius 1 is 1.25 bits per heavy atom. The molecule has 1 aliphatic carbocycles. The maximum atomic E-state index is 5.08. The Balaban J connectivity index is 2.11. The van der Waals surface area contributed by atoms with Gasteiger partial charge in [-0.3, -0.25) is 0 Å². The Morgan fingerprint density at radius 2 is 1.81 bits per heavy atom. The molecule has 0 amide bonds. The Kier molecular flexibility index (Phi) is 3.12. The van der Waals surface area contributed by atoms with Gasteiger partial charge >= 0.3 is 0 Å². The lowest BCUT2D eigenvalue weighted by molar-refractivity contribution is 0.372. The van der Waals surface area contributed by atoms with E-state index in [0.29, 0.717) is 23.8 Å². The molecule has 1 unspecified atom stereocenters. The summed E-state index contributed by atoms with van der Waals surface area (Å²) in [6.07, 6.45) is 2.57. The summed E-state index contributed by atoms with van der Waals surface area (Å²) in [5, 5.41) is 3.27. The van der Waals surface area contributed by atoms with Gasteiger partial charge in [0.2, 0.25) is 17.7 Å². The van der Waals surface area contributed by atoms with Crippen LogP contribution in [-0.2, 0) is 0 Å². The highest BCUT2D eigenvalue weighted by Gasteiger charge is 2.28. The zero-order valence-electron chi connectivity index (χ0n) is 9.86. The largest absolute Gasteiger partial charge is 0.481 e. The summed E-state index contributed by atoms with van der Waals surface area (Å²) < 4.78 is 10.2. The summed E-state index contributed by atoms with van der Waals surface area (Å²) in [5.74, 6) is 2.34. The number of hydrogen-bond acceptors (Lipinski definition) is 5. The summed E-state index contributed by atoms with van der Waals surface area (Å²) in [6.45, 7) is 2.15. The molecule has 0 radical (unpaired) electrons. The second kappa shape index (κ2) is 4.55. The van der Waals surface area contributed by atoms with Crippen molar-refractivity contribution in [2.75, 3.05) is 19.5 Å². The van der Waals surface area contributed by atoms with Crippen molar-refractivity contribution in [3.8, 4) is 11.8 Å². The monoisotopic (exact) mass is 223 g/mol. The van der Waals surface area contributed by atoms with E-state index < -0.39 is 0 Å². The molecule has 0 aromatic carbocycles. The van der Waals surface area contributed by atoms with Crippen LogP contribution in [-0.4, -0.2) is 30.2 Å². The maximum Gasteiger partial charge on any atom is 0.229 e. The highest BCUT2D eigenvalue weighted by atomic mass is 16.5. The highest BCUT2D eigenvalue weighted by Crippen LogP contribution is 2.33. The van der Waals surface area contributed by atoms with E-state index in [-0.39, 0.29) is 0 Å². The second-order valence-electron chi connectivity index (χ2n) is 4.05. The van der Waals surface area contributed by atoms with E-state index in [1.807, 2.05) is 0 Å². The standard InChI is InChI=1S/C11H17N3O2/c1-7(8-4-5-8)12-11-13-9(15-2)6-10(14-11)16-3/h6-8H,4-5H2,1-3H3,(H,12,13,14). The smallest absolute Gasteiger partial charge is 0.229 e. The van der Waals surface area contributed by atoms with E-state index in [1.165, 1.54) is 12.8 Å². The number of anilines is 1. The van der Waals surface area contributed by atoms with Crippen molar-refractivity contribution in [1.82, 2.24) is 9.97 Å². The molecule has 5 heteroatoms. The van der Waals surface area contributed by atoms with Crippen molar-refractivity contribution < 1.29 is 9.47 Å². The van der Waals surface area contributed by atoms with Gasteiger partial charge in [0.25, 0.3) is 0 Å². The van der Waals surface area contributed by atoms with Gasteiger partial charge < -0.3 is 14.8 Å². The summed E-state index contributed by atoms with van der Waals surface area (Å²) in [5.41, 5.74) is 0. The summed E-state index contributed by atoms with van der Waals surface area (Å²) in [4.78, 5) is 8.45. The maximum absolute atomic E-state index is 5.08. The summed E-state index contributed by atoms with van der Waals surface area (Å²) in [6, 6.07) is 2.06. The molecule has 1 fully saturated rings. The number of nitrogens with zero attached hydrogens (tertiary/aromatic N) is 2. The van der Waals surface area contributed by atoms with Gasteiger partial charge in [0.15, 0.2) is 0 Å². The van der Waals surface area contributed by atoms with Crippen molar-refractivity contribution in [3.63, 3.8) is 0 Å². The van der Waals surface area contributed by atoms with Gasteiger partial charge in [-0.2, -0.15) is 9.97 Å². The zero-order valence-corrected chi connectivity index (χ0v) is 9.86. The van der Waals surface area contributed by atoms with Crippen LogP contribution in [0.1, 0.15) is 19.8 Å². The van der Waals surface area contributed by atoms with Crippen LogP contribution in [0.3, 0.4) is 0 Å². The Hall–Kier alpha value is -1.52. The molecule has 1 atom stereocenters. The van der Waals surface area contributed by atoms with Crippen LogP contribution in [0.2, 0.25) is 0 Å². The first kappa shape index (κ1) is 11.0. The van der Waals surface area contributed by atoms with Gasteiger partial charge in [0.05, 0.1) is 20.3 Å². The Morgan fingerprint density at radius 3 is 2.25 bits per heavy atom. The van der Waals surface area contributed by atoms with Gasteiger partial charge in [-0.1, -0.05) is 0 Å². The van der Waals surface area contributed by atoms with Crippen LogP contribution >= 0.6 is 0 Å². The van der Waals surface area contributed by atoms with Crippen LogP contribution in [0.15, 0.2) is 6.07 Å². The second-order valence-corrected chi connectivity index (χ2v) is 4.05. The molecule has 0 spiro atoms. The number of nitrogens with one attached hydrogen (secondary N) is 1. The predicted molar refractivity (Wildman–Crippen MR) is 60.9 cm³/mol. The fourth-order valence-corrected chi connectivity index (χ4v) is 1.60. The molecule has 16 heavy (non-hydrogen) atoms. The minimum Gasteiger partial charge on any atom is -0.481 e. The molecule has 5 nitrogen and oxygen atoms in total. The third-order valence-electron chi connectivity index (χ3n) is 2.78. The lowest BCUT2D eigenvalue weighted by Crippen LogP contribution is -2.19. The van der Waals surface area contributed by atoms with Crippen LogP contribution in [0.5, 0.6) is 11.8 Å². The molecular weight excluding hydrogens is 206 g/mol. The first-order valence-corrected chi connectivity index (χ1v) is 5.46. The van der Waals surface area contributed by atoms with Crippen LogP contribution < -0.4 is 14.8 Å². The minimum atomic E-state index is 0.400. The van der Waals surface area contributed by atoms with Crippen LogP contribution in [0.4, 0.5) is 5.95 Å². The minimum absolute atomic E-state index is 0.400. The van der Waals surface area contributed by atoms with E-state index in [4.69, 9.17) is 9.47 Å². The van der Waals surface area contributed by atoms with E-state index in [9.17, 15) is 0 Å². The number of aromatic nitrogens is 2. The van der Waals surface area contributed by atoms with E-state index in [2.05, 4.69) is 22.2 Å². The number of methoxy groups -OCH3 is 2. The molecule has 1 aromatic heterocycles. The number of rotatable bonds is 5. The fraction of sp³-hybridized carbons (Fsp3) is 0.636. The summed E-state index contributed by atoms with van der Waals surface area (Å²) in [7, 11) is 3.16. The van der Waals surface area contributed by atoms with E-state index >= 15 is 0 Å². The topological polar surface area (TPSA) is 56.3 Å². The van der Waals surface area contributed by atoms with Crippen molar-refractivity contribution >= 4 is 5.95 Å². The van der Waals surface area contributed by atoms with E-state index in [1.54, 1.807) is 20.3 Å². The van der Waals surface area contributed by atoms with Gasteiger partial charge in [-0.25, -0.2) is 0 Å². The Labute approximate surface area is 95.2 Å².